The van der Waals surface area contributed by atoms with Crippen LogP contribution in [0.1, 0.15) is 25.8 Å². The number of piperidine rings is 1. The largest absolute Gasteiger partial charge is 0.478 e. The lowest BCUT2D eigenvalue weighted by atomic mass is 9.88. The lowest BCUT2D eigenvalue weighted by Gasteiger charge is -2.37. The summed E-state index contributed by atoms with van der Waals surface area (Å²) in [6.45, 7) is 6.67. The van der Waals surface area contributed by atoms with Crippen LogP contribution in [0.25, 0.3) is 6.08 Å². The van der Waals surface area contributed by atoms with E-state index in [9.17, 15) is 4.79 Å². The van der Waals surface area contributed by atoms with E-state index in [1.807, 2.05) is 18.2 Å². The second kappa shape index (κ2) is 6.31. The fourth-order valence-electron chi connectivity index (χ4n) is 2.51. The Morgan fingerprint density at radius 3 is 2.75 bits per heavy atom. The number of carbonyl (C=O) groups is 1. The second-order valence-electron chi connectivity index (χ2n) is 5.57. The van der Waals surface area contributed by atoms with Gasteiger partial charge in [0, 0.05) is 29.9 Å². The fourth-order valence-corrected chi connectivity index (χ4v) is 2.74. The minimum Gasteiger partial charge on any atom is -0.478 e. The molecule has 1 aromatic carbocycles. The van der Waals surface area contributed by atoms with Gasteiger partial charge >= 0.3 is 5.97 Å². The van der Waals surface area contributed by atoms with Crippen molar-refractivity contribution in [3.05, 3.63) is 34.9 Å². The first-order chi connectivity index (χ1) is 9.47. The van der Waals surface area contributed by atoms with E-state index in [2.05, 4.69) is 18.7 Å². The monoisotopic (exact) mass is 293 g/mol. The third-order valence-electron chi connectivity index (χ3n) is 4.09. The standard InChI is InChI=1S/C16H20ClNO2/c1-11-7-8-18(10-12(11)2)14-5-3-13(15(17)9-14)4-6-16(19)20/h3-6,9,11-12H,7-8,10H2,1-2H3,(H,19,20)/b6-4+. The van der Waals surface area contributed by atoms with Crippen molar-refractivity contribution < 1.29 is 9.90 Å². The highest BCUT2D eigenvalue weighted by atomic mass is 35.5. The Hall–Kier alpha value is -1.48. The highest BCUT2D eigenvalue weighted by molar-refractivity contribution is 6.32. The summed E-state index contributed by atoms with van der Waals surface area (Å²) >= 11 is 6.23. The highest BCUT2D eigenvalue weighted by Gasteiger charge is 2.22. The van der Waals surface area contributed by atoms with E-state index in [0.717, 1.165) is 36.3 Å². The van der Waals surface area contributed by atoms with Gasteiger partial charge in [-0.2, -0.15) is 0 Å². The molecule has 1 N–H and O–H groups in total. The molecule has 0 bridgehead atoms. The predicted molar refractivity (Wildman–Crippen MR) is 83.3 cm³/mol. The van der Waals surface area contributed by atoms with Crippen LogP contribution in [-0.2, 0) is 4.79 Å². The van der Waals surface area contributed by atoms with Crippen LogP contribution < -0.4 is 4.90 Å². The molecular formula is C16H20ClNO2. The molecule has 2 atom stereocenters. The molecule has 4 heteroatoms. The minimum absolute atomic E-state index is 0.589. The Bertz CT molecular complexity index is 527. The maximum atomic E-state index is 10.5. The molecule has 1 aromatic rings. The zero-order chi connectivity index (χ0) is 14.7. The Morgan fingerprint density at radius 2 is 2.15 bits per heavy atom. The maximum absolute atomic E-state index is 10.5. The van der Waals surface area contributed by atoms with Gasteiger partial charge in [-0.25, -0.2) is 4.79 Å². The molecule has 0 amide bonds. The Balaban J connectivity index is 2.15. The number of rotatable bonds is 3. The average molecular weight is 294 g/mol. The number of nitrogens with zero attached hydrogens (tertiary/aromatic N) is 1. The first-order valence-corrected chi connectivity index (χ1v) is 7.30. The van der Waals surface area contributed by atoms with Crippen molar-refractivity contribution in [3.8, 4) is 0 Å². The molecule has 0 spiro atoms. The summed E-state index contributed by atoms with van der Waals surface area (Å²) < 4.78 is 0. The predicted octanol–water partition coefficient (Wildman–Crippen LogP) is 3.92. The smallest absolute Gasteiger partial charge is 0.328 e. The summed E-state index contributed by atoms with van der Waals surface area (Å²) in [4.78, 5) is 12.9. The van der Waals surface area contributed by atoms with Crippen molar-refractivity contribution >= 4 is 29.3 Å². The van der Waals surface area contributed by atoms with Gasteiger partial charge in [-0.3, -0.25) is 0 Å². The van der Waals surface area contributed by atoms with Crippen LogP contribution in [0, 0.1) is 11.8 Å². The van der Waals surface area contributed by atoms with Crippen LogP contribution in [0.2, 0.25) is 5.02 Å². The SMILES string of the molecule is CC1CCN(c2ccc(/C=C/C(=O)O)c(Cl)c2)CC1C. The van der Waals surface area contributed by atoms with Gasteiger partial charge in [-0.15, -0.1) is 0 Å². The van der Waals surface area contributed by atoms with Crippen molar-refractivity contribution in [2.45, 2.75) is 20.3 Å². The van der Waals surface area contributed by atoms with E-state index in [4.69, 9.17) is 16.7 Å². The number of hydrogen-bond acceptors (Lipinski definition) is 2. The van der Waals surface area contributed by atoms with Crippen molar-refractivity contribution in [2.75, 3.05) is 18.0 Å². The molecule has 2 unspecified atom stereocenters. The molecular weight excluding hydrogens is 274 g/mol. The van der Waals surface area contributed by atoms with Gasteiger partial charge in [0.15, 0.2) is 0 Å². The first kappa shape index (κ1) is 14.9. The van der Waals surface area contributed by atoms with E-state index in [1.165, 1.54) is 12.5 Å². The lowest BCUT2D eigenvalue weighted by molar-refractivity contribution is -0.131. The van der Waals surface area contributed by atoms with Crippen molar-refractivity contribution in [2.24, 2.45) is 11.8 Å². The summed E-state index contributed by atoms with van der Waals surface area (Å²) in [6, 6.07) is 5.81. The number of hydrogen-bond donors (Lipinski definition) is 1. The average Bonchev–Trinajstić information content (AvgIpc) is 2.40. The van der Waals surface area contributed by atoms with Gasteiger partial charge in [0.25, 0.3) is 0 Å². The van der Waals surface area contributed by atoms with Crippen LogP contribution in [-0.4, -0.2) is 24.2 Å². The van der Waals surface area contributed by atoms with Gasteiger partial charge in [-0.05, 0) is 42.0 Å². The van der Waals surface area contributed by atoms with Crippen LogP contribution >= 0.6 is 11.6 Å². The number of benzene rings is 1. The van der Waals surface area contributed by atoms with Gasteiger partial charge in [0.2, 0.25) is 0 Å². The maximum Gasteiger partial charge on any atom is 0.328 e. The molecule has 3 nitrogen and oxygen atoms in total. The number of anilines is 1. The number of halogens is 1. The van der Waals surface area contributed by atoms with Gasteiger partial charge < -0.3 is 10.0 Å². The summed E-state index contributed by atoms with van der Waals surface area (Å²) in [6.07, 6.45) is 3.82. The van der Waals surface area contributed by atoms with Crippen LogP contribution in [0.5, 0.6) is 0 Å². The van der Waals surface area contributed by atoms with Gasteiger partial charge in [0.1, 0.15) is 0 Å². The molecule has 1 heterocycles. The Kier molecular flexibility index (Phi) is 4.71. The summed E-state index contributed by atoms with van der Waals surface area (Å²) in [5.74, 6) is 0.470. The van der Waals surface area contributed by atoms with Crippen LogP contribution in [0.15, 0.2) is 24.3 Å². The van der Waals surface area contributed by atoms with Crippen molar-refractivity contribution in [1.29, 1.82) is 0 Å². The Labute approximate surface area is 124 Å². The minimum atomic E-state index is -0.969. The molecule has 108 valence electrons. The van der Waals surface area contributed by atoms with Gasteiger partial charge in [0.05, 0.1) is 0 Å². The molecule has 0 saturated carbocycles. The Morgan fingerprint density at radius 1 is 1.40 bits per heavy atom. The van der Waals surface area contributed by atoms with Crippen molar-refractivity contribution in [1.82, 2.24) is 0 Å². The topological polar surface area (TPSA) is 40.5 Å². The second-order valence-corrected chi connectivity index (χ2v) is 5.97. The molecule has 1 fully saturated rings. The van der Waals surface area contributed by atoms with E-state index in [1.54, 1.807) is 0 Å². The molecule has 2 rings (SSSR count). The summed E-state index contributed by atoms with van der Waals surface area (Å²) in [7, 11) is 0. The van der Waals surface area contributed by atoms with Crippen LogP contribution in [0.3, 0.4) is 0 Å². The highest BCUT2D eigenvalue weighted by Crippen LogP contribution is 2.30. The quantitative estimate of drug-likeness (QED) is 0.859. The zero-order valence-corrected chi connectivity index (χ0v) is 12.6. The summed E-state index contributed by atoms with van der Waals surface area (Å²) in [5.41, 5.74) is 1.84. The molecule has 1 saturated heterocycles. The zero-order valence-electron chi connectivity index (χ0n) is 11.8. The van der Waals surface area contributed by atoms with E-state index in [0.29, 0.717) is 10.9 Å². The molecule has 0 aliphatic carbocycles. The molecule has 0 aromatic heterocycles. The third kappa shape index (κ3) is 3.54. The number of carboxylic acids is 1. The van der Waals surface area contributed by atoms with Crippen molar-refractivity contribution in [3.63, 3.8) is 0 Å². The summed E-state index contributed by atoms with van der Waals surface area (Å²) in [5, 5.41) is 9.23. The third-order valence-corrected chi connectivity index (χ3v) is 4.42. The molecule has 20 heavy (non-hydrogen) atoms. The van der Waals surface area contributed by atoms with E-state index >= 15 is 0 Å². The lowest BCUT2D eigenvalue weighted by Crippen LogP contribution is -2.38. The number of aliphatic carboxylic acids is 1. The van der Waals surface area contributed by atoms with E-state index in [-0.39, 0.29) is 0 Å². The van der Waals surface area contributed by atoms with Crippen LogP contribution in [0.4, 0.5) is 5.69 Å². The molecule has 1 aliphatic rings. The molecule has 0 radical (unpaired) electrons. The van der Waals surface area contributed by atoms with E-state index < -0.39 is 5.97 Å². The first-order valence-electron chi connectivity index (χ1n) is 6.93. The normalized spacial score (nSPS) is 23.2. The van der Waals surface area contributed by atoms with Gasteiger partial charge in [-0.1, -0.05) is 31.5 Å². The molecule has 1 aliphatic heterocycles. The fraction of sp³-hybridized carbons (Fsp3) is 0.438. The number of carboxylic acid groups (broad SMARTS) is 1.